The number of nitrogens with two attached hydrogens (primary N) is 1. The molecule has 3 fully saturated rings. The lowest BCUT2D eigenvalue weighted by atomic mass is 9.94. The molecule has 1 aromatic heterocycles. The maximum absolute atomic E-state index is 15.1. The molecule has 4 heterocycles. The first-order chi connectivity index (χ1) is 18.6. The molecule has 0 spiro atoms. The molecule has 2 amide bonds. The Bertz CT molecular complexity index is 1040. The Morgan fingerprint density at radius 1 is 1.21 bits per heavy atom. The number of anilines is 2. The van der Waals surface area contributed by atoms with Crippen LogP contribution in [0.5, 0.6) is 0 Å². The van der Waals surface area contributed by atoms with Gasteiger partial charge in [0.2, 0.25) is 11.8 Å². The average molecular weight is 552 g/mol. The number of likely N-dealkylation sites (tertiary alicyclic amines) is 1. The number of nitroso groups, excluding NO2 is 1. The van der Waals surface area contributed by atoms with Crippen molar-refractivity contribution in [2.75, 3.05) is 63.6 Å². The highest BCUT2D eigenvalue weighted by molar-refractivity contribution is 5.96. The second-order valence-corrected chi connectivity index (χ2v) is 11.0. The van der Waals surface area contributed by atoms with Crippen LogP contribution in [0.25, 0.3) is 0 Å². The van der Waals surface area contributed by atoms with E-state index >= 15 is 4.39 Å². The molecular weight excluding hydrogens is 512 g/mol. The van der Waals surface area contributed by atoms with Crippen LogP contribution in [0.4, 0.5) is 20.2 Å². The topological polar surface area (TPSA) is 139 Å². The lowest BCUT2D eigenvalue weighted by Gasteiger charge is -2.39. The zero-order chi connectivity index (χ0) is 28.3. The number of hydrogen-bond donors (Lipinski definition) is 3. The van der Waals surface area contributed by atoms with Crippen molar-refractivity contribution in [1.29, 1.82) is 0 Å². The number of piperidine rings is 1. The van der Waals surface area contributed by atoms with E-state index < -0.39 is 36.0 Å². The number of alkyl halides is 1. The second kappa shape index (κ2) is 12.5. The molecule has 5 atom stereocenters. The highest BCUT2D eigenvalue weighted by Gasteiger charge is 2.40. The third-order valence-corrected chi connectivity index (χ3v) is 8.07. The molecule has 0 aliphatic carbocycles. The predicted octanol–water partition coefficient (Wildman–Crippen LogP) is 0.752. The molecular formula is C25H39F2N9O3. The lowest BCUT2D eigenvalue weighted by Crippen LogP contribution is -2.62. The van der Waals surface area contributed by atoms with E-state index in [1.165, 1.54) is 6.20 Å². The number of amides is 2. The van der Waals surface area contributed by atoms with E-state index in [0.717, 1.165) is 30.7 Å². The number of nitrogens with one attached hydrogen (secondary N) is 2. The van der Waals surface area contributed by atoms with Crippen molar-refractivity contribution >= 4 is 23.2 Å². The molecule has 216 valence electrons. The van der Waals surface area contributed by atoms with Gasteiger partial charge in [-0.2, -0.15) is 0 Å². The summed E-state index contributed by atoms with van der Waals surface area (Å²) in [7, 11) is 4.04. The van der Waals surface area contributed by atoms with E-state index in [1.807, 2.05) is 23.9 Å². The number of nitrogens with zero attached hydrogens (tertiary/aromatic N) is 6. The molecule has 0 bridgehead atoms. The van der Waals surface area contributed by atoms with Crippen LogP contribution in [-0.2, 0) is 9.59 Å². The Kier molecular flexibility index (Phi) is 9.28. The Morgan fingerprint density at radius 3 is 2.54 bits per heavy atom. The number of rotatable bonds is 8. The number of halogens is 2. The molecule has 3 aliphatic heterocycles. The molecule has 0 saturated carbocycles. The molecule has 0 aromatic carbocycles. The molecule has 39 heavy (non-hydrogen) atoms. The SMILES string of the molecule is CC(N)C(C(=O)Nc1cncc(F)c1N1CCC(C(=O)N2CC[C@@H](N(C)C)C2)CC1)C1NCC(F)CN1N=O. The van der Waals surface area contributed by atoms with Gasteiger partial charge in [0.25, 0.3) is 0 Å². The van der Waals surface area contributed by atoms with Crippen LogP contribution >= 0.6 is 0 Å². The van der Waals surface area contributed by atoms with E-state index in [0.29, 0.717) is 32.0 Å². The molecule has 4 N–H and O–H groups in total. The maximum Gasteiger partial charge on any atom is 0.232 e. The van der Waals surface area contributed by atoms with Crippen molar-refractivity contribution in [3.05, 3.63) is 23.1 Å². The standard InChI is InChI=1S/C25H39F2N9O3/c1-15(28)21(23-30-10-17(26)13-36(23)32-39)24(37)31-20-12-29-11-19(27)22(20)34-7-4-16(5-8-34)25(38)35-9-6-18(14-35)33(2)3/h11-12,15-18,21,23,30H,4-10,13-14,28H2,1-3H3,(H,31,37)/t15?,17?,18-,21?,23?/m1/s1. The number of pyridine rings is 1. The van der Waals surface area contributed by atoms with Crippen LogP contribution in [0.3, 0.4) is 0 Å². The largest absolute Gasteiger partial charge is 0.367 e. The van der Waals surface area contributed by atoms with Crippen LogP contribution in [0.2, 0.25) is 0 Å². The zero-order valence-electron chi connectivity index (χ0n) is 22.7. The zero-order valence-corrected chi connectivity index (χ0v) is 22.7. The van der Waals surface area contributed by atoms with Gasteiger partial charge in [-0.1, -0.05) is 0 Å². The smallest absolute Gasteiger partial charge is 0.232 e. The van der Waals surface area contributed by atoms with Crippen molar-refractivity contribution in [2.45, 2.75) is 50.6 Å². The minimum Gasteiger partial charge on any atom is -0.367 e. The summed E-state index contributed by atoms with van der Waals surface area (Å²) >= 11 is 0. The summed E-state index contributed by atoms with van der Waals surface area (Å²) < 4.78 is 28.9. The highest BCUT2D eigenvalue weighted by Crippen LogP contribution is 2.33. The highest BCUT2D eigenvalue weighted by atomic mass is 19.1. The Hall–Kier alpha value is -2.97. The predicted molar refractivity (Wildman–Crippen MR) is 143 cm³/mol. The first-order valence-corrected chi connectivity index (χ1v) is 13.5. The van der Waals surface area contributed by atoms with Crippen LogP contribution < -0.4 is 21.3 Å². The second-order valence-electron chi connectivity index (χ2n) is 11.0. The Morgan fingerprint density at radius 2 is 1.92 bits per heavy atom. The number of carbonyl (C=O) groups is 2. The summed E-state index contributed by atoms with van der Waals surface area (Å²) in [5.41, 5.74) is 6.45. The molecule has 4 unspecified atom stereocenters. The normalized spacial score (nSPS) is 26.0. The van der Waals surface area contributed by atoms with Gasteiger partial charge in [0, 0.05) is 50.7 Å². The van der Waals surface area contributed by atoms with Crippen LogP contribution in [-0.4, -0.2) is 109 Å². The summed E-state index contributed by atoms with van der Waals surface area (Å²) in [5, 5.41) is 9.37. The molecule has 1 aromatic rings. The molecule has 12 nitrogen and oxygen atoms in total. The van der Waals surface area contributed by atoms with Crippen LogP contribution in [0, 0.1) is 22.6 Å². The number of likely N-dealkylation sites (N-methyl/N-ethyl adjacent to an activating group) is 1. The molecule has 4 rings (SSSR count). The van der Waals surface area contributed by atoms with Gasteiger partial charge in [0.1, 0.15) is 18.0 Å². The quantitative estimate of drug-likeness (QED) is 0.400. The number of carbonyl (C=O) groups excluding carboxylic acids is 2. The number of aromatic nitrogens is 1. The minimum atomic E-state index is -1.32. The fraction of sp³-hybridized carbons (Fsp3) is 0.720. The summed E-state index contributed by atoms with van der Waals surface area (Å²) in [6, 6.07) is -0.366. The van der Waals surface area contributed by atoms with E-state index in [9.17, 15) is 18.9 Å². The Balaban J connectivity index is 1.44. The molecule has 14 heteroatoms. The van der Waals surface area contributed by atoms with Crippen LogP contribution in [0.15, 0.2) is 17.7 Å². The average Bonchev–Trinajstić information content (AvgIpc) is 3.40. The summed E-state index contributed by atoms with van der Waals surface area (Å²) in [4.78, 5) is 47.6. The van der Waals surface area contributed by atoms with Gasteiger partial charge in [-0.15, -0.1) is 4.91 Å². The van der Waals surface area contributed by atoms with E-state index in [2.05, 4.69) is 25.8 Å². The molecule has 3 saturated heterocycles. The summed E-state index contributed by atoms with van der Waals surface area (Å²) in [5.74, 6) is -2.15. The number of hydrogen-bond acceptors (Lipinski definition) is 9. The van der Waals surface area contributed by atoms with E-state index in [1.54, 1.807) is 6.92 Å². The fourth-order valence-electron chi connectivity index (χ4n) is 5.83. The first-order valence-electron chi connectivity index (χ1n) is 13.5. The van der Waals surface area contributed by atoms with Crippen molar-refractivity contribution in [2.24, 2.45) is 22.9 Å². The van der Waals surface area contributed by atoms with Crippen LogP contribution in [0.1, 0.15) is 26.2 Å². The van der Waals surface area contributed by atoms with Gasteiger partial charge in [-0.3, -0.25) is 19.9 Å². The Labute approximate surface area is 227 Å². The monoisotopic (exact) mass is 551 g/mol. The van der Waals surface area contributed by atoms with Gasteiger partial charge in [0.15, 0.2) is 5.82 Å². The third kappa shape index (κ3) is 6.44. The molecule has 0 radical (unpaired) electrons. The maximum atomic E-state index is 15.1. The van der Waals surface area contributed by atoms with Gasteiger partial charge in [-0.05, 0) is 40.3 Å². The van der Waals surface area contributed by atoms with Crippen molar-refractivity contribution < 1.29 is 18.4 Å². The van der Waals surface area contributed by atoms with Crippen molar-refractivity contribution in [1.82, 2.24) is 25.1 Å². The summed E-state index contributed by atoms with van der Waals surface area (Å²) in [6.45, 7) is 3.63. The molecule has 3 aliphatic rings. The van der Waals surface area contributed by atoms with Gasteiger partial charge in [-0.25, -0.2) is 13.8 Å². The first kappa shape index (κ1) is 29.0. The van der Waals surface area contributed by atoms with Gasteiger partial charge < -0.3 is 25.8 Å². The van der Waals surface area contributed by atoms with E-state index in [4.69, 9.17) is 5.73 Å². The van der Waals surface area contributed by atoms with Crippen molar-refractivity contribution in [3.8, 4) is 0 Å². The summed E-state index contributed by atoms with van der Waals surface area (Å²) in [6.07, 6.45) is 2.30. The lowest BCUT2D eigenvalue weighted by molar-refractivity contribution is -0.135. The minimum absolute atomic E-state index is 0.0547. The fourth-order valence-corrected chi connectivity index (χ4v) is 5.83. The van der Waals surface area contributed by atoms with Gasteiger partial charge in [0.05, 0.1) is 35.8 Å². The third-order valence-electron chi connectivity index (χ3n) is 8.07. The van der Waals surface area contributed by atoms with Gasteiger partial charge >= 0.3 is 0 Å². The van der Waals surface area contributed by atoms with E-state index in [-0.39, 0.29) is 36.3 Å². The van der Waals surface area contributed by atoms with Crippen molar-refractivity contribution in [3.63, 3.8) is 0 Å².